The van der Waals surface area contributed by atoms with Crippen LogP contribution < -0.4 is 5.32 Å². The van der Waals surface area contributed by atoms with Gasteiger partial charge in [0, 0.05) is 19.2 Å². The Balaban J connectivity index is 2.97. The summed E-state index contributed by atoms with van der Waals surface area (Å²) < 4.78 is 5.20. The largest absolute Gasteiger partial charge is 0.380 e. The zero-order chi connectivity index (χ0) is 8.53. The van der Waals surface area contributed by atoms with Crippen LogP contribution in [0.4, 0.5) is 0 Å². The summed E-state index contributed by atoms with van der Waals surface area (Å²) in [6.07, 6.45) is 2.51. The zero-order valence-corrected chi connectivity index (χ0v) is 8.02. The van der Waals surface area contributed by atoms with Crippen LogP contribution >= 0.6 is 0 Å². The van der Waals surface area contributed by atoms with E-state index in [9.17, 15) is 0 Å². The average molecular weight is 159 g/mol. The highest BCUT2D eigenvalue weighted by atomic mass is 16.5. The van der Waals surface area contributed by atoms with Crippen LogP contribution in [-0.4, -0.2) is 25.8 Å². The summed E-state index contributed by atoms with van der Waals surface area (Å²) in [5.74, 6) is 0. The van der Waals surface area contributed by atoms with Crippen molar-refractivity contribution >= 4 is 0 Å². The summed E-state index contributed by atoms with van der Waals surface area (Å²) in [4.78, 5) is 0. The van der Waals surface area contributed by atoms with E-state index >= 15 is 0 Å². The minimum Gasteiger partial charge on any atom is -0.380 e. The van der Waals surface area contributed by atoms with Gasteiger partial charge in [0.2, 0.25) is 0 Å². The maximum Gasteiger partial charge on any atom is 0.0590 e. The topological polar surface area (TPSA) is 21.3 Å². The predicted molar refractivity (Wildman–Crippen MR) is 48.9 cm³/mol. The Morgan fingerprint density at radius 3 is 2.64 bits per heavy atom. The van der Waals surface area contributed by atoms with Crippen LogP contribution in [0.2, 0.25) is 0 Å². The summed E-state index contributed by atoms with van der Waals surface area (Å²) in [6.45, 7) is 9.09. The van der Waals surface area contributed by atoms with Gasteiger partial charge >= 0.3 is 0 Å². The smallest absolute Gasteiger partial charge is 0.0590 e. The molecule has 0 aliphatic carbocycles. The van der Waals surface area contributed by atoms with Gasteiger partial charge < -0.3 is 10.1 Å². The lowest BCUT2D eigenvalue weighted by Crippen LogP contribution is -2.29. The molecule has 0 aromatic carbocycles. The first kappa shape index (κ1) is 10.9. The second-order valence-corrected chi connectivity index (χ2v) is 2.84. The van der Waals surface area contributed by atoms with Gasteiger partial charge in [-0.1, -0.05) is 13.3 Å². The molecular weight excluding hydrogens is 138 g/mol. The van der Waals surface area contributed by atoms with E-state index in [0.717, 1.165) is 19.8 Å². The zero-order valence-electron chi connectivity index (χ0n) is 8.02. The molecular formula is C9H21NO. The maximum absolute atomic E-state index is 5.20. The number of hydrogen-bond donors (Lipinski definition) is 1. The second kappa shape index (κ2) is 8.02. The Bertz CT molecular complexity index is 76.0. The number of ether oxygens (including phenoxy) is 1. The molecule has 0 aromatic heterocycles. The van der Waals surface area contributed by atoms with E-state index in [2.05, 4.69) is 19.2 Å². The Kier molecular flexibility index (Phi) is 7.96. The molecule has 0 amide bonds. The molecule has 0 aliphatic heterocycles. The molecule has 0 spiro atoms. The molecule has 68 valence electrons. The molecule has 0 saturated carbocycles. The third-order valence-electron chi connectivity index (χ3n) is 1.67. The Hall–Kier alpha value is -0.0800. The minimum atomic E-state index is 0.639. The first-order valence-electron chi connectivity index (χ1n) is 4.62. The number of rotatable bonds is 7. The molecule has 1 unspecified atom stereocenters. The van der Waals surface area contributed by atoms with Gasteiger partial charge in [-0.05, 0) is 20.3 Å². The fourth-order valence-corrected chi connectivity index (χ4v) is 1.06. The molecule has 0 radical (unpaired) electrons. The van der Waals surface area contributed by atoms with E-state index in [-0.39, 0.29) is 0 Å². The summed E-state index contributed by atoms with van der Waals surface area (Å²) in [5, 5.41) is 3.39. The van der Waals surface area contributed by atoms with E-state index in [4.69, 9.17) is 4.74 Å². The molecule has 0 fully saturated rings. The molecule has 0 aliphatic rings. The normalized spacial score (nSPS) is 13.4. The second-order valence-electron chi connectivity index (χ2n) is 2.84. The molecule has 0 saturated heterocycles. The van der Waals surface area contributed by atoms with Gasteiger partial charge in [0.1, 0.15) is 0 Å². The van der Waals surface area contributed by atoms with Crippen molar-refractivity contribution in [1.29, 1.82) is 0 Å². The molecule has 0 heterocycles. The molecule has 0 aromatic rings. The van der Waals surface area contributed by atoms with E-state index in [0.29, 0.717) is 6.04 Å². The fourth-order valence-electron chi connectivity index (χ4n) is 1.06. The van der Waals surface area contributed by atoms with E-state index < -0.39 is 0 Å². The first-order chi connectivity index (χ1) is 5.31. The number of nitrogens with one attached hydrogen (secondary N) is 1. The highest BCUT2D eigenvalue weighted by molar-refractivity contribution is 4.58. The van der Waals surface area contributed by atoms with E-state index in [1.807, 2.05) is 6.92 Å². The van der Waals surface area contributed by atoms with Crippen molar-refractivity contribution in [3.05, 3.63) is 0 Å². The quantitative estimate of drug-likeness (QED) is 0.572. The van der Waals surface area contributed by atoms with Crippen LogP contribution in [0, 0.1) is 0 Å². The summed E-state index contributed by atoms with van der Waals surface area (Å²) in [6, 6.07) is 0.639. The lowest BCUT2D eigenvalue weighted by molar-refractivity contribution is 0.147. The highest BCUT2D eigenvalue weighted by Crippen LogP contribution is 1.93. The molecule has 2 heteroatoms. The van der Waals surface area contributed by atoms with Crippen molar-refractivity contribution in [2.24, 2.45) is 0 Å². The van der Waals surface area contributed by atoms with Gasteiger partial charge in [-0.15, -0.1) is 0 Å². The van der Waals surface area contributed by atoms with Crippen molar-refractivity contribution in [1.82, 2.24) is 5.32 Å². The molecule has 1 N–H and O–H groups in total. The van der Waals surface area contributed by atoms with Crippen molar-refractivity contribution in [3.8, 4) is 0 Å². The van der Waals surface area contributed by atoms with Gasteiger partial charge in [-0.3, -0.25) is 0 Å². The van der Waals surface area contributed by atoms with Crippen LogP contribution in [0.3, 0.4) is 0 Å². The summed E-state index contributed by atoms with van der Waals surface area (Å²) in [5.41, 5.74) is 0. The van der Waals surface area contributed by atoms with E-state index in [1.54, 1.807) is 0 Å². The SMILES string of the molecule is CCCC(C)NCCOCC. The standard InChI is InChI=1S/C9H21NO/c1-4-6-9(3)10-7-8-11-5-2/h9-10H,4-8H2,1-3H3. The Morgan fingerprint density at radius 2 is 2.09 bits per heavy atom. The highest BCUT2D eigenvalue weighted by Gasteiger charge is 1.96. The molecule has 0 rings (SSSR count). The van der Waals surface area contributed by atoms with Crippen LogP contribution in [0.5, 0.6) is 0 Å². The molecule has 2 nitrogen and oxygen atoms in total. The molecule has 1 atom stereocenters. The Morgan fingerprint density at radius 1 is 1.36 bits per heavy atom. The fraction of sp³-hybridized carbons (Fsp3) is 1.00. The Labute approximate surface area is 70.3 Å². The minimum absolute atomic E-state index is 0.639. The van der Waals surface area contributed by atoms with Crippen LogP contribution in [0.15, 0.2) is 0 Å². The first-order valence-corrected chi connectivity index (χ1v) is 4.62. The average Bonchev–Trinajstić information content (AvgIpc) is 1.99. The van der Waals surface area contributed by atoms with Gasteiger partial charge in [-0.2, -0.15) is 0 Å². The van der Waals surface area contributed by atoms with Crippen LogP contribution in [-0.2, 0) is 4.74 Å². The molecule has 11 heavy (non-hydrogen) atoms. The number of hydrogen-bond acceptors (Lipinski definition) is 2. The van der Waals surface area contributed by atoms with Crippen LogP contribution in [0.25, 0.3) is 0 Å². The van der Waals surface area contributed by atoms with Crippen LogP contribution in [0.1, 0.15) is 33.6 Å². The van der Waals surface area contributed by atoms with Gasteiger partial charge in [0.25, 0.3) is 0 Å². The van der Waals surface area contributed by atoms with Gasteiger partial charge in [0.05, 0.1) is 6.61 Å². The third kappa shape index (κ3) is 7.82. The van der Waals surface area contributed by atoms with Gasteiger partial charge in [-0.25, -0.2) is 0 Å². The summed E-state index contributed by atoms with van der Waals surface area (Å²) >= 11 is 0. The lowest BCUT2D eigenvalue weighted by Gasteiger charge is -2.11. The van der Waals surface area contributed by atoms with Crippen molar-refractivity contribution < 1.29 is 4.74 Å². The lowest BCUT2D eigenvalue weighted by atomic mass is 10.2. The monoisotopic (exact) mass is 159 g/mol. The van der Waals surface area contributed by atoms with Crippen molar-refractivity contribution in [2.45, 2.75) is 39.7 Å². The summed E-state index contributed by atoms with van der Waals surface area (Å²) in [7, 11) is 0. The maximum atomic E-state index is 5.20. The third-order valence-corrected chi connectivity index (χ3v) is 1.67. The molecule has 0 bridgehead atoms. The van der Waals surface area contributed by atoms with E-state index in [1.165, 1.54) is 12.8 Å². The van der Waals surface area contributed by atoms with Crippen molar-refractivity contribution in [3.63, 3.8) is 0 Å². The van der Waals surface area contributed by atoms with Crippen molar-refractivity contribution in [2.75, 3.05) is 19.8 Å². The van der Waals surface area contributed by atoms with Gasteiger partial charge in [0.15, 0.2) is 0 Å². The predicted octanol–water partition coefficient (Wildman–Crippen LogP) is 1.80.